The fourth-order valence-electron chi connectivity index (χ4n) is 2.81. The molecule has 1 N–H and O–H groups in total. The minimum atomic E-state index is -0.484. The number of carbonyl (C=O) groups excluding carboxylic acids is 1. The highest BCUT2D eigenvalue weighted by Crippen LogP contribution is 2.19. The zero-order valence-electron chi connectivity index (χ0n) is 14.9. The predicted octanol–water partition coefficient (Wildman–Crippen LogP) is 1.97. The third-order valence-electron chi connectivity index (χ3n) is 4.21. The van der Waals surface area contributed by atoms with Crippen molar-refractivity contribution in [1.29, 1.82) is 0 Å². The molecule has 0 aliphatic carbocycles. The second kappa shape index (κ2) is 7.39. The van der Waals surface area contributed by atoms with Crippen molar-refractivity contribution in [2.24, 2.45) is 0 Å². The second-order valence-corrected chi connectivity index (χ2v) is 5.98. The van der Waals surface area contributed by atoms with Crippen LogP contribution in [0.4, 0.5) is 0 Å². The Morgan fingerprint density at radius 1 is 1.25 bits per heavy atom. The molecule has 1 amide bonds. The van der Waals surface area contributed by atoms with Crippen molar-refractivity contribution in [3.05, 3.63) is 58.6 Å². The summed E-state index contributed by atoms with van der Waals surface area (Å²) >= 11 is 0. The van der Waals surface area contributed by atoms with Crippen LogP contribution in [-0.2, 0) is 11.3 Å². The third kappa shape index (κ3) is 3.50. The van der Waals surface area contributed by atoms with Crippen LogP contribution in [0.1, 0.15) is 5.56 Å². The average molecular weight is 380 g/mol. The summed E-state index contributed by atoms with van der Waals surface area (Å²) in [4.78, 5) is 24.0. The lowest BCUT2D eigenvalue weighted by Gasteiger charge is -2.04. The van der Waals surface area contributed by atoms with Gasteiger partial charge in [0, 0.05) is 30.5 Å². The lowest BCUT2D eigenvalue weighted by Crippen LogP contribution is -2.28. The second-order valence-electron chi connectivity index (χ2n) is 5.98. The Hall–Kier alpha value is -3.88. The number of fused-ring (bicyclic) bond motifs is 2. The molecule has 9 heteroatoms. The molecule has 0 atom stereocenters. The Morgan fingerprint density at radius 2 is 2.14 bits per heavy atom. The molecule has 0 spiro atoms. The quantitative estimate of drug-likeness (QED) is 0.509. The summed E-state index contributed by atoms with van der Waals surface area (Å²) in [6, 6.07) is 10.4. The number of hydrogen-bond donors (Lipinski definition) is 1. The van der Waals surface area contributed by atoms with Crippen molar-refractivity contribution in [3.8, 4) is 5.75 Å². The summed E-state index contributed by atoms with van der Waals surface area (Å²) in [6.45, 7) is 0.560. The number of hydrogen-bond acceptors (Lipinski definition) is 7. The maximum atomic E-state index is 12.0. The van der Waals surface area contributed by atoms with E-state index in [1.165, 1.54) is 10.6 Å². The van der Waals surface area contributed by atoms with Crippen LogP contribution in [0.3, 0.4) is 0 Å². The molecule has 4 rings (SSSR count). The molecule has 0 fully saturated rings. The van der Waals surface area contributed by atoms with E-state index in [2.05, 4.69) is 15.7 Å². The molecule has 0 bridgehead atoms. The number of oxazole rings is 1. The van der Waals surface area contributed by atoms with Crippen molar-refractivity contribution >= 4 is 34.2 Å². The smallest absolute Gasteiger partial charge is 0.420 e. The van der Waals surface area contributed by atoms with E-state index in [4.69, 9.17) is 13.7 Å². The van der Waals surface area contributed by atoms with Crippen molar-refractivity contribution in [1.82, 2.24) is 20.3 Å². The van der Waals surface area contributed by atoms with Gasteiger partial charge in [0.05, 0.1) is 12.6 Å². The van der Waals surface area contributed by atoms with Gasteiger partial charge < -0.3 is 19.0 Å². The number of amides is 1. The third-order valence-corrected chi connectivity index (χ3v) is 4.21. The fraction of sp³-hybridized carbons (Fsp3) is 0.158. The number of benzene rings is 2. The predicted molar refractivity (Wildman–Crippen MR) is 101 cm³/mol. The molecule has 0 aliphatic heterocycles. The molecule has 2 heterocycles. The van der Waals surface area contributed by atoms with E-state index in [-0.39, 0.29) is 19.0 Å². The number of nitrogens with one attached hydrogen (secondary N) is 1. The molecule has 142 valence electrons. The van der Waals surface area contributed by atoms with Crippen molar-refractivity contribution < 1.29 is 18.5 Å². The van der Waals surface area contributed by atoms with E-state index in [1.54, 1.807) is 49.6 Å². The number of carbonyl (C=O) groups is 1. The standard InChI is InChI=1S/C19H16N4O5/c1-26-13-4-5-15-17(11-13)27-19(25)23(15)9-8-20-18(24)7-3-12-2-6-16-14(10-12)21-22-28-16/h2-7,10-11H,8-9H2,1H3,(H,20,24)/b7-3+. The van der Waals surface area contributed by atoms with Gasteiger partial charge in [0.25, 0.3) is 0 Å². The molecule has 0 saturated heterocycles. The highest BCUT2D eigenvalue weighted by Gasteiger charge is 2.10. The number of methoxy groups -OCH3 is 1. The van der Waals surface area contributed by atoms with Crippen LogP contribution in [-0.4, -0.2) is 34.5 Å². The molecular weight excluding hydrogens is 364 g/mol. The van der Waals surface area contributed by atoms with Crippen LogP contribution in [0.5, 0.6) is 5.75 Å². The van der Waals surface area contributed by atoms with E-state index in [0.29, 0.717) is 27.9 Å². The maximum Gasteiger partial charge on any atom is 0.420 e. The molecule has 28 heavy (non-hydrogen) atoms. The molecule has 9 nitrogen and oxygen atoms in total. The summed E-state index contributed by atoms with van der Waals surface area (Å²) in [5.74, 6) is -0.158. The van der Waals surface area contributed by atoms with Crippen LogP contribution in [0.25, 0.3) is 28.3 Å². The van der Waals surface area contributed by atoms with Crippen LogP contribution in [0.15, 0.2) is 56.2 Å². The lowest BCUT2D eigenvalue weighted by molar-refractivity contribution is -0.116. The van der Waals surface area contributed by atoms with Crippen LogP contribution in [0.2, 0.25) is 0 Å². The average Bonchev–Trinajstić information content (AvgIpc) is 3.29. The first-order valence-corrected chi connectivity index (χ1v) is 8.49. The number of rotatable bonds is 6. The Kier molecular flexibility index (Phi) is 4.63. The van der Waals surface area contributed by atoms with Gasteiger partial charge in [-0.15, -0.1) is 5.10 Å². The summed E-state index contributed by atoms with van der Waals surface area (Å²) in [5.41, 5.74) is 3.07. The van der Waals surface area contributed by atoms with Crippen molar-refractivity contribution in [3.63, 3.8) is 0 Å². The van der Waals surface area contributed by atoms with Gasteiger partial charge in [0.1, 0.15) is 11.3 Å². The van der Waals surface area contributed by atoms with E-state index < -0.39 is 5.76 Å². The molecule has 0 aliphatic rings. The van der Waals surface area contributed by atoms with Gasteiger partial charge in [-0.2, -0.15) is 0 Å². The van der Waals surface area contributed by atoms with Gasteiger partial charge in [-0.1, -0.05) is 6.07 Å². The Balaban J connectivity index is 1.38. The number of nitrogens with zero attached hydrogens (tertiary/aromatic N) is 3. The minimum Gasteiger partial charge on any atom is -0.497 e. The van der Waals surface area contributed by atoms with Crippen molar-refractivity contribution in [2.45, 2.75) is 6.54 Å². The van der Waals surface area contributed by atoms with Gasteiger partial charge in [-0.25, -0.2) is 4.79 Å². The van der Waals surface area contributed by atoms with Crippen LogP contribution in [0, 0.1) is 0 Å². The highest BCUT2D eigenvalue weighted by atomic mass is 16.5. The molecule has 0 saturated carbocycles. The Morgan fingerprint density at radius 3 is 3.00 bits per heavy atom. The Labute approximate surface area is 158 Å². The summed E-state index contributed by atoms with van der Waals surface area (Å²) in [5, 5.41) is 10.0. The minimum absolute atomic E-state index is 0.274. The fourth-order valence-corrected chi connectivity index (χ4v) is 2.81. The first-order valence-electron chi connectivity index (χ1n) is 8.49. The molecule has 0 radical (unpaired) electrons. The van der Waals surface area contributed by atoms with E-state index >= 15 is 0 Å². The molecule has 4 aromatic rings. The van der Waals surface area contributed by atoms with Crippen molar-refractivity contribution in [2.75, 3.05) is 13.7 Å². The van der Waals surface area contributed by atoms with E-state index in [9.17, 15) is 9.59 Å². The number of aromatic nitrogens is 3. The van der Waals surface area contributed by atoms with Crippen LogP contribution < -0.4 is 15.8 Å². The SMILES string of the molecule is COc1ccc2c(c1)oc(=O)n2CCNC(=O)/C=C/c1ccc2onnc2c1. The molecule has 2 aromatic heterocycles. The van der Waals surface area contributed by atoms with Gasteiger partial charge in [-0.05, 0) is 35.9 Å². The summed E-state index contributed by atoms with van der Waals surface area (Å²) in [6.07, 6.45) is 3.07. The van der Waals surface area contributed by atoms with Gasteiger partial charge in [0.2, 0.25) is 5.91 Å². The first kappa shape index (κ1) is 17.5. The topological polar surface area (TPSA) is 112 Å². The normalized spacial score (nSPS) is 11.5. The number of ether oxygens (including phenoxy) is 1. The van der Waals surface area contributed by atoms with Gasteiger partial charge in [0.15, 0.2) is 11.2 Å². The monoisotopic (exact) mass is 380 g/mol. The van der Waals surface area contributed by atoms with Gasteiger partial charge in [-0.3, -0.25) is 9.36 Å². The van der Waals surface area contributed by atoms with E-state index in [0.717, 1.165) is 5.56 Å². The lowest BCUT2D eigenvalue weighted by atomic mass is 10.2. The first-order chi connectivity index (χ1) is 13.6. The highest BCUT2D eigenvalue weighted by molar-refractivity contribution is 5.92. The van der Waals surface area contributed by atoms with Crippen LogP contribution >= 0.6 is 0 Å². The zero-order chi connectivity index (χ0) is 19.5. The largest absolute Gasteiger partial charge is 0.497 e. The molecule has 2 aromatic carbocycles. The molecule has 0 unspecified atom stereocenters. The maximum absolute atomic E-state index is 12.0. The summed E-state index contributed by atoms with van der Waals surface area (Å²) in [7, 11) is 1.54. The Bertz CT molecular complexity index is 1230. The zero-order valence-corrected chi connectivity index (χ0v) is 14.9. The van der Waals surface area contributed by atoms with E-state index in [1.807, 2.05) is 0 Å². The molecular formula is C19H16N4O5. The van der Waals surface area contributed by atoms with Gasteiger partial charge >= 0.3 is 5.76 Å². The summed E-state index contributed by atoms with van der Waals surface area (Å²) < 4.78 is 16.7.